The molecular formula is C20H25N5O2. The van der Waals surface area contributed by atoms with Gasteiger partial charge in [-0.05, 0) is 44.4 Å². The number of likely N-dealkylation sites (N-methyl/N-ethyl adjacent to an activating group) is 1. The minimum atomic E-state index is -0.501. The average Bonchev–Trinajstić information content (AvgIpc) is 3.14. The normalized spacial score (nSPS) is 24.3. The maximum absolute atomic E-state index is 13.1. The molecule has 0 spiro atoms. The summed E-state index contributed by atoms with van der Waals surface area (Å²) in [5.41, 5.74) is 4.36. The number of allylic oxidation sites excluding steroid dienone is 1. The summed E-state index contributed by atoms with van der Waals surface area (Å²) in [6.45, 7) is 8.54. The third-order valence-corrected chi connectivity index (χ3v) is 5.44. The molecule has 7 nitrogen and oxygen atoms in total. The number of imide groups is 1. The number of guanidine groups is 1. The summed E-state index contributed by atoms with van der Waals surface area (Å²) in [7, 11) is 1.72. The molecule has 0 bridgehead atoms. The van der Waals surface area contributed by atoms with Crippen LogP contribution in [-0.2, 0) is 4.79 Å². The molecule has 0 aliphatic carbocycles. The Bertz CT molecular complexity index is 890. The van der Waals surface area contributed by atoms with Crippen LogP contribution in [0.4, 0.5) is 10.5 Å². The van der Waals surface area contributed by atoms with Crippen molar-refractivity contribution >= 4 is 23.6 Å². The van der Waals surface area contributed by atoms with Crippen LogP contribution in [0.15, 0.2) is 35.1 Å². The number of hydrogen-bond acceptors (Lipinski definition) is 5. The van der Waals surface area contributed by atoms with Gasteiger partial charge in [-0.1, -0.05) is 19.1 Å². The van der Waals surface area contributed by atoms with Crippen molar-refractivity contribution in [2.24, 2.45) is 4.99 Å². The number of benzene rings is 1. The van der Waals surface area contributed by atoms with Gasteiger partial charge in [0.2, 0.25) is 5.96 Å². The van der Waals surface area contributed by atoms with Crippen molar-refractivity contribution in [3.8, 4) is 0 Å². The smallest absolute Gasteiger partial charge is 0.302 e. The third-order valence-electron chi connectivity index (χ3n) is 5.44. The van der Waals surface area contributed by atoms with E-state index in [1.807, 2.05) is 24.9 Å². The van der Waals surface area contributed by atoms with Crippen LogP contribution < -0.4 is 4.90 Å². The number of carbonyl (C=O) groups is 2. The first kappa shape index (κ1) is 17.6. The lowest BCUT2D eigenvalue weighted by Crippen LogP contribution is -2.64. The number of urea groups is 1. The van der Waals surface area contributed by atoms with Crippen molar-refractivity contribution in [1.82, 2.24) is 14.7 Å². The molecule has 0 aromatic heterocycles. The second-order valence-corrected chi connectivity index (χ2v) is 7.47. The lowest BCUT2D eigenvalue weighted by atomic mass is 10.1. The number of fused-ring (bicyclic) bond motifs is 3. The second kappa shape index (κ2) is 6.11. The Kier molecular flexibility index (Phi) is 3.98. The van der Waals surface area contributed by atoms with Gasteiger partial charge < -0.3 is 9.80 Å². The van der Waals surface area contributed by atoms with Crippen LogP contribution in [-0.4, -0.2) is 58.4 Å². The number of anilines is 1. The fourth-order valence-electron chi connectivity index (χ4n) is 4.04. The van der Waals surface area contributed by atoms with Crippen molar-refractivity contribution in [3.05, 3.63) is 41.2 Å². The molecule has 27 heavy (non-hydrogen) atoms. The minimum Gasteiger partial charge on any atom is -0.302 e. The van der Waals surface area contributed by atoms with Gasteiger partial charge in [0.1, 0.15) is 0 Å². The van der Waals surface area contributed by atoms with E-state index in [4.69, 9.17) is 4.99 Å². The SMILES string of the molecule is CCCN1C(=O)C2C(N=C3N(c4cc(C)ccc4C)C(C)=CN32)N(C)C1=O. The molecule has 7 heteroatoms. The Morgan fingerprint density at radius 2 is 1.89 bits per heavy atom. The first-order chi connectivity index (χ1) is 12.8. The molecule has 1 aromatic rings. The van der Waals surface area contributed by atoms with E-state index in [2.05, 4.69) is 36.9 Å². The summed E-state index contributed by atoms with van der Waals surface area (Å²) in [5, 5.41) is 0. The molecule has 2 unspecified atom stereocenters. The topological polar surface area (TPSA) is 59.5 Å². The highest BCUT2D eigenvalue weighted by Gasteiger charge is 2.54. The highest BCUT2D eigenvalue weighted by atomic mass is 16.2. The van der Waals surface area contributed by atoms with E-state index in [0.717, 1.165) is 28.9 Å². The Hall–Kier alpha value is -2.83. The third kappa shape index (κ3) is 2.44. The first-order valence-electron chi connectivity index (χ1n) is 9.35. The predicted molar refractivity (Wildman–Crippen MR) is 104 cm³/mol. The Morgan fingerprint density at radius 1 is 1.15 bits per heavy atom. The van der Waals surface area contributed by atoms with E-state index in [0.29, 0.717) is 12.5 Å². The summed E-state index contributed by atoms with van der Waals surface area (Å²) in [6.07, 6.45) is 2.21. The van der Waals surface area contributed by atoms with Gasteiger partial charge in [0, 0.05) is 25.5 Å². The van der Waals surface area contributed by atoms with E-state index in [1.165, 1.54) is 4.90 Å². The molecule has 1 aromatic carbocycles. The molecule has 0 radical (unpaired) electrons. The fourth-order valence-corrected chi connectivity index (χ4v) is 4.04. The fraction of sp³-hybridized carbons (Fsp3) is 0.450. The second-order valence-electron chi connectivity index (χ2n) is 7.47. The number of rotatable bonds is 3. The van der Waals surface area contributed by atoms with Crippen LogP contribution in [0.25, 0.3) is 0 Å². The van der Waals surface area contributed by atoms with Crippen molar-refractivity contribution in [2.45, 2.75) is 46.3 Å². The minimum absolute atomic E-state index is 0.171. The number of aliphatic imine (C=N–C) groups is 1. The van der Waals surface area contributed by atoms with Gasteiger partial charge in [0.25, 0.3) is 5.91 Å². The zero-order chi connectivity index (χ0) is 19.5. The predicted octanol–water partition coefficient (Wildman–Crippen LogP) is 2.66. The molecule has 142 valence electrons. The highest BCUT2D eigenvalue weighted by molar-refractivity contribution is 6.10. The Labute approximate surface area is 159 Å². The molecule has 3 amide bonds. The van der Waals surface area contributed by atoms with Gasteiger partial charge in [-0.15, -0.1) is 0 Å². The maximum atomic E-state index is 13.1. The molecule has 3 aliphatic heterocycles. The molecule has 0 N–H and O–H groups in total. The maximum Gasteiger partial charge on any atom is 0.328 e. The van der Waals surface area contributed by atoms with Crippen molar-refractivity contribution in [1.29, 1.82) is 0 Å². The Morgan fingerprint density at radius 3 is 2.59 bits per heavy atom. The first-order valence-corrected chi connectivity index (χ1v) is 9.35. The molecule has 1 saturated heterocycles. The molecule has 1 fully saturated rings. The van der Waals surface area contributed by atoms with Gasteiger partial charge in [-0.3, -0.25) is 14.6 Å². The standard InChI is InChI=1S/C20H25N5O2/c1-6-9-23-18(26)16-17(22(5)20(23)27)21-19-24(16)11-14(4)25(19)15-10-12(2)7-8-13(15)3/h7-8,10-11,16-17H,6,9H2,1-5H3. The van der Waals surface area contributed by atoms with Gasteiger partial charge in [0.15, 0.2) is 12.2 Å². The van der Waals surface area contributed by atoms with Crippen LogP contribution >= 0.6 is 0 Å². The summed E-state index contributed by atoms with van der Waals surface area (Å²) >= 11 is 0. The zero-order valence-corrected chi connectivity index (χ0v) is 16.4. The van der Waals surface area contributed by atoms with E-state index < -0.39 is 12.2 Å². The lowest BCUT2D eigenvalue weighted by Gasteiger charge is -2.40. The largest absolute Gasteiger partial charge is 0.328 e. The van der Waals surface area contributed by atoms with E-state index >= 15 is 0 Å². The number of amides is 3. The van der Waals surface area contributed by atoms with Crippen LogP contribution in [0.3, 0.4) is 0 Å². The summed E-state index contributed by atoms with van der Waals surface area (Å²) < 4.78 is 0. The van der Waals surface area contributed by atoms with Gasteiger partial charge in [-0.25, -0.2) is 9.79 Å². The van der Waals surface area contributed by atoms with Crippen molar-refractivity contribution in [3.63, 3.8) is 0 Å². The number of aryl methyl sites for hydroxylation is 2. The van der Waals surface area contributed by atoms with Gasteiger partial charge in [0.05, 0.1) is 5.69 Å². The van der Waals surface area contributed by atoms with E-state index in [1.54, 1.807) is 11.9 Å². The van der Waals surface area contributed by atoms with Gasteiger partial charge >= 0.3 is 6.03 Å². The molecule has 0 saturated carbocycles. The van der Waals surface area contributed by atoms with Crippen LogP contribution in [0.5, 0.6) is 0 Å². The van der Waals surface area contributed by atoms with E-state index in [-0.39, 0.29) is 11.9 Å². The number of carbonyl (C=O) groups excluding carboxylic acids is 2. The summed E-state index contributed by atoms with van der Waals surface area (Å²) in [5.74, 6) is 0.540. The van der Waals surface area contributed by atoms with Crippen LogP contribution in [0.1, 0.15) is 31.4 Å². The molecule has 3 heterocycles. The van der Waals surface area contributed by atoms with Gasteiger partial charge in [-0.2, -0.15) is 0 Å². The van der Waals surface area contributed by atoms with Crippen molar-refractivity contribution < 1.29 is 9.59 Å². The Balaban J connectivity index is 1.76. The molecule has 2 atom stereocenters. The zero-order valence-electron chi connectivity index (χ0n) is 16.4. The average molecular weight is 367 g/mol. The van der Waals surface area contributed by atoms with E-state index in [9.17, 15) is 9.59 Å². The van der Waals surface area contributed by atoms with Crippen LogP contribution in [0.2, 0.25) is 0 Å². The van der Waals surface area contributed by atoms with Crippen LogP contribution in [0, 0.1) is 13.8 Å². The van der Waals surface area contributed by atoms with Crippen molar-refractivity contribution in [2.75, 3.05) is 18.5 Å². The number of hydrogen-bond donors (Lipinski definition) is 0. The quantitative estimate of drug-likeness (QED) is 0.824. The summed E-state index contributed by atoms with van der Waals surface area (Å²) in [4.78, 5) is 37.4. The number of nitrogens with zero attached hydrogens (tertiary/aromatic N) is 5. The molecule has 4 rings (SSSR count). The molecular weight excluding hydrogens is 342 g/mol. The highest BCUT2D eigenvalue weighted by Crippen LogP contribution is 2.37. The molecule has 3 aliphatic rings. The summed E-state index contributed by atoms with van der Waals surface area (Å²) in [6, 6.07) is 5.53. The lowest BCUT2D eigenvalue weighted by molar-refractivity contribution is -0.136. The monoisotopic (exact) mass is 367 g/mol.